The first-order chi connectivity index (χ1) is 8.35. The van der Waals surface area contributed by atoms with Crippen molar-refractivity contribution in [3.63, 3.8) is 0 Å². The molecule has 0 saturated heterocycles. The molecule has 2 bridgehead atoms. The number of carbonyl (C=O) groups excluding carboxylic acids is 2. The van der Waals surface area contributed by atoms with Gasteiger partial charge in [-0.05, 0) is 6.92 Å². The van der Waals surface area contributed by atoms with Crippen LogP contribution in [-0.2, 0) is 23.8 Å². The van der Waals surface area contributed by atoms with E-state index in [4.69, 9.17) is 37.4 Å². The zero-order chi connectivity index (χ0) is 13.8. The Morgan fingerprint density at radius 1 is 1.22 bits per heavy atom. The number of carbonyl (C=O) groups is 2. The third kappa shape index (κ3) is 1.20. The Hall–Kier alpha value is -0.200. The number of rotatable bonds is 4. The molecule has 102 valence electrons. The Balaban J connectivity index is 2.62. The third-order valence-corrected chi connectivity index (χ3v) is 4.99. The van der Waals surface area contributed by atoms with Gasteiger partial charge < -0.3 is 14.2 Å². The van der Waals surface area contributed by atoms with Crippen molar-refractivity contribution < 1.29 is 23.8 Å². The number of ketones is 2. The third-order valence-electron chi connectivity index (χ3n) is 3.75. The van der Waals surface area contributed by atoms with Gasteiger partial charge in [0.2, 0.25) is 17.4 Å². The first-order valence-electron chi connectivity index (χ1n) is 5.54. The van der Waals surface area contributed by atoms with Crippen molar-refractivity contribution in [2.75, 3.05) is 20.8 Å². The van der Waals surface area contributed by atoms with Crippen LogP contribution in [0.2, 0.25) is 0 Å². The molecule has 0 radical (unpaired) electrons. The van der Waals surface area contributed by atoms with Crippen molar-refractivity contribution in [3.8, 4) is 0 Å². The number of hydrogen-bond donors (Lipinski definition) is 0. The Bertz CT molecular complexity index is 408. The van der Waals surface area contributed by atoms with Crippen molar-refractivity contribution >= 4 is 34.8 Å². The molecule has 2 aliphatic carbocycles. The zero-order valence-electron chi connectivity index (χ0n) is 10.3. The first-order valence-corrected chi connectivity index (χ1v) is 6.30. The lowest BCUT2D eigenvalue weighted by Gasteiger charge is -2.37. The van der Waals surface area contributed by atoms with E-state index in [0.29, 0.717) is 6.61 Å². The highest BCUT2D eigenvalue weighted by Gasteiger charge is 2.86. The highest BCUT2D eigenvalue weighted by atomic mass is 35.5. The van der Waals surface area contributed by atoms with E-state index in [-0.39, 0.29) is 6.42 Å². The second kappa shape index (κ2) is 4.15. The molecule has 0 aromatic heterocycles. The van der Waals surface area contributed by atoms with Crippen LogP contribution in [0.5, 0.6) is 0 Å². The van der Waals surface area contributed by atoms with Crippen LogP contribution in [0.3, 0.4) is 0 Å². The molecule has 0 N–H and O–H groups in total. The molecule has 2 saturated carbocycles. The summed E-state index contributed by atoms with van der Waals surface area (Å²) < 4.78 is 15.9. The summed E-state index contributed by atoms with van der Waals surface area (Å²) in [4.78, 5) is 20.7. The molecule has 18 heavy (non-hydrogen) atoms. The highest BCUT2D eigenvalue weighted by molar-refractivity contribution is 6.66. The molecule has 7 heteroatoms. The SMILES string of the molecule is CCO[C@@H]1C[C@]2(Cl)C(=O)C(=O)[C@@]1(Cl)C2(OC)OC. The largest absolute Gasteiger partial charge is 0.376 e. The highest BCUT2D eigenvalue weighted by Crippen LogP contribution is 2.63. The van der Waals surface area contributed by atoms with Gasteiger partial charge in [-0.15, -0.1) is 23.2 Å². The molecule has 0 unspecified atom stereocenters. The summed E-state index contributed by atoms with van der Waals surface area (Å²) in [6, 6.07) is 0. The standard InChI is InChI=1S/C11H14Cl2O5/c1-4-18-6-5-9(12)7(14)8(15)10(6,13)11(9,16-2)17-3/h6H,4-5H2,1-3H3/t6-,9+,10-/m1/s1. The summed E-state index contributed by atoms with van der Waals surface area (Å²) in [7, 11) is 2.61. The molecule has 0 heterocycles. The number of alkyl halides is 2. The lowest BCUT2D eigenvalue weighted by atomic mass is 9.94. The summed E-state index contributed by atoms with van der Waals surface area (Å²) in [5, 5.41) is 0. The Morgan fingerprint density at radius 3 is 2.17 bits per heavy atom. The van der Waals surface area contributed by atoms with Gasteiger partial charge in [0.15, 0.2) is 9.75 Å². The summed E-state index contributed by atoms with van der Waals surface area (Å²) in [5.41, 5.74) is 0. The minimum Gasteiger partial charge on any atom is -0.376 e. The van der Waals surface area contributed by atoms with Crippen LogP contribution in [0.25, 0.3) is 0 Å². The van der Waals surface area contributed by atoms with Crippen LogP contribution in [0.1, 0.15) is 13.3 Å². The Morgan fingerprint density at radius 2 is 1.78 bits per heavy atom. The van der Waals surface area contributed by atoms with Gasteiger partial charge in [0.05, 0.1) is 6.10 Å². The number of methoxy groups -OCH3 is 2. The van der Waals surface area contributed by atoms with Crippen molar-refractivity contribution in [2.24, 2.45) is 0 Å². The second-order valence-electron chi connectivity index (χ2n) is 4.34. The molecule has 3 atom stereocenters. The van der Waals surface area contributed by atoms with Crippen LogP contribution in [0.15, 0.2) is 0 Å². The lowest BCUT2D eigenvalue weighted by Crippen LogP contribution is -2.58. The summed E-state index contributed by atoms with van der Waals surface area (Å²) in [6.45, 7) is 2.11. The molecular formula is C11H14Cl2O5. The smallest absolute Gasteiger partial charge is 0.229 e. The molecule has 2 aliphatic rings. The van der Waals surface area contributed by atoms with Gasteiger partial charge in [-0.2, -0.15) is 0 Å². The van der Waals surface area contributed by atoms with E-state index >= 15 is 0 Å². The molecule has 0 aliphatic heterocycles. The number of halogens is 2. The van der Waals surface area contributed by atoms with Crippen LogP contribution >= 0.6 is 23.2 Å². The number of ether oxygens (including phenoxy) is 3. The molecule has 5 nitrogen and oxygen atoms in total. The van der Waals surface area contributed by atoms with Gasteiger partial charge >= 0.3 is 0 Å². The van der Waals surface area contributed by atoms with Crippen LogP contribution in [0.4, 0.5) is 0 Å². The molecule has 2 rings (SSSR count). The van der Waals surface area contributed by atoms with Gasteiger partial charge in [-0.3, -0.25) is 9.59 Å². The summed E-state index contributed by atoms with van der Waals surface area (Å²) in [5.74, 6) is -3.29. The average molecular weight is 297 g/mol. The monoisotopic (exact) mass is 296 g/mol. The van der Waals surface area contributed by atoms with Crippen LogP contribution < -0.4 is 0 Å². The van der Waals surface area contributed by atoms with Gasteiger partial charge in [0.25, 0.3) is 0 Å². The van der Waals surface area contributed by atoms with E-state index in [1.54, 1.807) is 6.92 Å². The van der Waals surface area contributed by atoms with E-state index in [9.17, 15) is 9.59 Å². The van der Waals surface area contributed by atoms with E-state index in [1.165, 1.54) is 14.2 Å². The van der Waals surface area contributed by atoms with Crippen molar-refractivity contribution in [2.45, 2.75) is 35.0 Å². The number of fused-ring (bicyclic) bond motifs is 2. The minimum absolute atomic E-state index is 0.0815. The second-order valence-corrected chi connectivity index (χ2v) is 5.59. The molecule has 0 aromatic rings. The van der Waals surface area contributed by atoms with Gasteiger partial charge in [-0.1, -0.05) is 0 Å². The van der Waals surface area contributed by atoms with Crippen molar-refractivity contribution in [1.29, 1.82) is 0 Å². The predicted molar refractivity (Wildman–Crippen MR) is 64.0 cm³/mol. The maximum atomic E-state index is 12.1. The predicted octanol–water partition coefficient (Wildman–Crippen LogP) is 0.891. The quantitative estimate of drug-likeness (QED) is 0.438. The van der Waals surface area contributed by atoms with Crippen LogP contribution in [0, 0.1) is 0 Å². The molecule has 0 aromatic carbocycles. The number of Topliss-reactive ketones (excluding diaryl/α,β-unsaturated/α-hetero) is 2. The van der Waals surface area contributed by atoms with Gasteiger partial charge in [-0.25, -0.2) is 0 Å². The minimum atomic E-state index is -1.73. The normalized spacial score (nSPS) is 41.7. The molecule has 2 fully saturated rings. The van der Waals surface area contributed by atoms with Gasteiger partial charge in [0, 0.05) is 27.2 Å². The Labute approximate surface area is 115 Å². The first kappa shape index (κ1) is 14.2. The lowest BCUT2D eigenvalue weighted by molar-refractivity contribution is -0.223. The fraction of sp³-hybridized carbons (Fsp3) is 0.818. The van der Waals surface area contributed by atoms with Gasteiger partial charge in [0.1, 0.15) is 0 Å². The van der Waals surface area contributed by atoms with Crippen molar-refractivity contribution in [1.82, 2.24) is 0 Å². The molecule has 0 spiro atoms. The van der Waals surface area contributed by atoms with E-state index < -0.39 is 33.2 Å². The Kier molecular flexibility index (Phi) is 3.28. The average Bonchev–Trinajstić information content (AvgIpc) is 2.61. The van der Waals surface area contributed by atoms with Crippen molar-refractivity contribution in [3.05, 3.63) is 0 Å². The summed E-state index contributed by atoms with van der Waals surface area (Å²) >= 11 is 12.7. The maximum Gasteiger partial charge on any atom is 0.229 e. The maximum absolute atomic E-state index is 12.1. The van der Waals surface area contributed by atoms with Crippen LogP contribution in [-0.4, -0.2) is 54.0 Å². The summed E-state index contributed by atoms with van der Waals surface area (Å²) in [6.07, 6.45) is -0.634. The van der Waals surface area contributed by atoms with E-state index in [2.05, 4.69) is 0 Å². The fourth-order valence-corrected chi connectivity index (χ4v) is 4.11. The van der Waals surface area contributed by atoms with E-state index in [1.807, 2.05) is 0 Å². The topological polar surface area (TPSA) is 61.8 Å². The number of hydrogen-bond acceptors (Lipinski definition) is 5. The molecule has 0 amide bonds. The molecular weight excluding hydrogens is 283 g/mol. The zero-order valence-corrected chi connectivity index (χ0v) is 11.8. The fourth-order valence-electron chi connectivity index (χ4n) is 2.99. The van der Waals surface area contributed by atoms with E-state index in [0.717, 1.165) is 0 Å².